The van der Waals surface area contributed by atoms with E-state index < -0.39 is 5.60 Å². The lowest BCUT2D eigenvalue weighted by Gasteiger charge is -2.23. The third kappa shape index (κ3) is 5.95. The fraction of sp³-hybridized carbons (Fsp3) is 0.429. The number of rotatable bonds is 13. The molecule has 0 aliphatic heterocycles. The standard InChI is InChI=1S/C21H29NO3S/c1-4-11-21(23,12-5-2)20-10-9-18(25-20)16-22(13-7-14-24-3)17-19-8-6-15-26-19/h4-6,8-10,15,23H,1-2,7,11-14,16-17H2,3H3. The molecule has 0 saturated carbocycles. The highest BCUT2D eigenvalue weighted by Crippen LogP contribution is 2.31. The largest absolute Gasteiger partial charge is 0.462 e. The quantitative estimate of drug-likeness (QED) is 0.406. The average Bonchev–Trinajstić information content (AvgIpc) is 3.28. The number of hydrogen-bond acceptors (Lipinski definition) is 5. The number of thiophene rings is 1. The van der Waals surface area contributed by atoms with Crippen molar-refractivity contribution in [3.63, 3.8) is 0 Å². The maximum atomic E-state index is 10.8. The molecule has 2 rings (SSSR count). The molecule has 5 heteroatoms. The Morgan fingerprint density at radius 1 is 1.23 bits per heavy atom. The molecule has 0 aliphatic rings. The van der Waals surface area contributed by atoms with Crippen molar-refractivity contribution in [1.82, 2.24) is 4.90 Å². The number of ether oxygens (including phenoxy) is 1. The molecule has 2 aromatic heterocycles. The Kier molecular flexibility index (Phi) is 8.32. The first kappa shape index (κ1) is 20.6. The third-order valence-corrected chi connectivity index (χ3v) is 5.11. The minimum Gasteiger partial charge on any atom is -0.462 e. The predicted octanol–water partition coefficient (Wildman–Crippen LogP) is 4.72. The van der Waals surface area contributed by atoms with E-state index in [9.17, 15) is 5.11 Å². The van der Waals surface area contributed by atoms with Crippen LogP contribution in [0.1, 0.15) is 35.7 Å². The van der Waals surface area contributed by atoms with Gasteiger partial charge in [0.15, 0.2) is 0 Å². The second-order valence-corrected chi connectivity index (χ2v) is 7.45. The summed E-state index contributed by atoms with van der Waals surface area (Å²) in [6.45, 7) is 10.7. The molecule has 0 aliphatic carbocycles. The van der Waals surface area contributed by atoms with Crippen LogP contribution in [0, 0.1) is 0 Å². The Morgan fingerprint density at radius 2 is 2.00 bits per heavy atom. The zero-order valence-electron chi connectivity index (χ0n) is 15.5. The van der Waals surface area contributed by atoms with Gasteiger partial charge in [-0.2, -0.15) is 0 Å². The molecule has 0 aromatic carbocycles. The summed E-state index contributed by atoms with van der Waals surface area (Å²) >= 11 is 1.76. The Balaban J connectivity index is 2.08. The SMILES string of the molecule is C=CCC(O)(CC=C)c1ccc(CN(CCCOC)Cc2cccs2)o1. The predicted molar refractivity (Wildman–Crippen MR) is 107 cm³/mol. The summed E-state index contributed by atoms with van der Waals surface area (Å²) < 4.78 is 11.2. The fourth-order valence-electron chi connectivity index (χ4n) is 2.96. The van der Waals surface area contributed by atoms with Crippen molar-refractivity contribution >= 4 is 11.3 Å². The van der Waals surface area contributed by atoms with Gasteiger partial charge >= 0.3 is 0 Å². The van der Waals surface area contributed by atoms with E-state index in [-0.39, 0.29) is 0 Å². The Labute approximate surface area is 160 Å². The normalized spacial score (nSPS) is 11.8. The van der Waals surface area contributed by atoms with Gasteiger partial charge in [-0.15, -0.1) is 24.5 Å². The van der Waals surface area contributed by atoms with Gasteiger partial charge in [0.25, 0.3) is 0 Å². The van der Waals surface area contributed by atoms with Crippen molar-refractivity contribution in [1.29, 1.82) is 0 Å². The van der Waals surface area contributed by atoms with Crippen molar-refractivity contribution in [3.05, 3.63) is 71.4 Å². The van der Waals surface area contributed by atoms with Crippen LogP contribution in [0.15, 0.2) is 59.4 Å². The van der Waals surface area contributed by atoms with Crippen LogP contribution >= 0.6 is 11.3 Å². The first-order chi connectivity index (χ1) is 12.6. The topological polar surface area (TPSA) is 45.8 Å². The van der Waals surface area contributed by atoms with E-state index in [4.69, 9.17) is 9.15 Å². The van der Waals surface area contributed by atoms with E-state index in [1.165, 1.54) is 4.88 Å². The van der Waals surface area contributed by atoms with Gasteiger partial charge in [0.1, 0.15) is 17.1 Å². The molecular formula is C21H29NO3S. The minimum atomic E-state index is -1.07. The molecule has 1 N–H and O–H groups in total. The van der Waals surface area contributed by atoms with E-state index in [0.29, 0.717) is 25.1 Å². The first-order valence-electron chi connectivity index (χ1n) is 8.88. The molecular weight excluding hydrogens is 346 g/mol. The van der Waals surface area contributed by atoms with Crippen LogP contribution in [-0.4, -0.2) is 30.3 Å². The smallest absolute Gasteiger partial charge is 0.136 e. The Bertz CT molecular complexity index is 653. The maximum Gasteiger partial charge on any atom is 0.136 e. The summed E-state index contributed by atoms with van der Waals surface area (Å²) in [5, 5.41) is 12.9. The first-order valence-corrected chi connectivity index (χ1v) is 9.76. The lowest BCUT2D eigenvalue weighted by atomic mass is 9.93. The molecule has 0 atom stereocenters. The van der Waals surface area contributed by atoms with Crippen LogP contribution < -0.4 is 0 Å². The van der Waals surface area contributed by atoms with Crippen molar-refractivity contribution < 1.29 is 14.3 Å². The molecule has 0 radical (unpaired) electrons. The van der Waals surface area contributed by atoms with Crippen LogP contribution in [0.4, 0.5) is 0 Å². The highest BCUT2D eigenvalue weighted by molar-refractivity contribution is 7.09. The van der Waals surface area contributed by atoms with Crippen molar-refractivity contribution in [2.75, 3.05) is 20.3 Å². The summed E-state index contributed by atoms with van der Waals surface area (Å²) in [5.41, 5.74) is -1.07. The molecule has 0 fully saturated rings. The van der Waals surface area contributed by atoms with Crippen LogP contribution in [-0.2, 0) is 23.4 Å². The molecule has 0 spiro atoms. The van der Waals surface area contributed by atoms with Gasteiger partial charge in [-0.1, -0.05) is 18.2 Å². The van der Waals surface area contributed by atoms with Crippen molar-refractivity contribution in [2.24, 2.45) is 0 Å². The number of aliphatic hydroxyl groups is 1. The highest BCUT2D eigenvalue weighted by Gasteiger charge is 2.30. The van der Waals surface area contributed by atoms with Gasteiger partial charge in [0, 0.05) is 44.5 Å². The summed E-state index contributed by atoms with van der Waals surface area (Å²) in [6, 6.07) is 8.03. The van der Waals surface area contributed by atoms with Crippen LogP contribution in [0.5, 0.6) is 0 Å². The zero-order chi connectivity index (χ0) is 18.8. The van der Waals surface area contributed by atoms with Gasteiger partial charge in [0.2, 0.25) is 0 Å². The number of nitrogens with zero attached hydrogens (tertiary/aromatic N) is 1. The second-order valence-electron chi connectivity index (χ2n) is 6.42. The Hall–Kier alpha value is -1.66. The lowest BCUT2D eigenvalue weighted by Crippen LogP contribution is -2.25. The Morgan fingerprint density at radius 3 is 2.62 bits per heavy atom. The van der Waals surface area contributed by atoms with Crippen molar-refractivity contribution in [2.45, 2.75) is 38.0 Å². The van der Waals surface area contributed by atoms with E-state index in [1.807, 2.05) is 12.1 Å². The van der Waals surface area contributed by atoms with Gasteiger partial charge in [-0.05, 0) is 30.0 Å². The second kappa shape index (κ2) is 10.5. The summed E-state index contributed by atoms with van der Waals surface area (Å²) in [5.74, 6) is 1.42. The molecule has 0 saturated heterocycles. The summed E-state index contributed by atoms with van der Waals surface area (Å²) in [6.07, 6.45) is 5.24. The highest BCUT2D eigenvalue weighted by atomic mass is 32.1. The fourth-order valence-corrected chi connectivity index (χ4v) is 3.71. The molecule has 0 amide bonds. The lowest BCUT2D eigenvalue weighted by molar-refractivity contribution is 0.0186. The molecule has 2 aromatic rings. The molecule has 142 valence electrons. The van der Waals surface area contributed by atoms with Crippen LogP contribution in [0.2, 0.25) is 0 Å². The molecule has 2 heterocycles. The third-order valence-electron chi connectivity index (χ3n) is 4.25. The molecule has 0 bridgehead atoms. The van der Waals surface area contributed by atoms with E-state index in [0.717, 1.165) is 31.9 Å². The summed E-state index contributed by atoms with van der Waals surface area (Å²) in [7, 11) is 1.72. The molecule has 0 unspecified atom stereocenters. The summed E-state index contributed by atoms with van der Waals surface area (Å²) in [4.78, 5) is 3.66. The van der Waals surface area contributed by atoms with Gasteiger partial charge < -0.3 is 14.3 Å². The van der Waals surface area contributed by atoms with E-state index >= 15 is 0 Å². The molecule has 26 heavy (non-hydrogen) atoms. The van der Waals surface area contributed by atoms with E-state index in [2.05, 4.69) is 35.6 Å². The maximum absolute atomic E-state index is 10.8. The van der Waals surface area contributed by atoms with Gasteiger partial charge in [0.05, 0.1) is 6.54 Å². The number of methoxy groups -OCH3 is 1. The van der Waals surface area contributed by atoms with Crippen LogP contribution in [0.3, 0.4) is 0 Å². The average molecular weight is 376 g/mol. The zero-order valence-corrected chi connectivity index (χ0v) is 16.3. The number of furan rings is 1. The van der Waals surface area contributed by atoms with Gasteiger partial charge in [-0.3, -0.25) is 4.90 Å². The van der Waals surface area contributed by atoms with Gasteiger partial charge in [-0.25, -0.2) is 0 Å². The van der Waals surface area contributed by atoms with Crippen LogP contribution in [0.25, 0.3) is 0 Å². The monoisotopic (exact) mass is 375 g/mol. The van der Waals surface area contributed by atoms with E-state index in [1.54, 1.807) is 30.6 Å². The minimum absolute atomic E-state index is 0.429. The molecule has 4 nitrogen and oxygen atoms in total. The number of hydrogen-bond donors (Lipinski definition) is 1. The van der Waals surface area contributed by atoms with Crippen molar-refractivity contribution in [3.8, 4) is 0 Å².